The van der Waals surface area contributed by atoms with Gasteiger partial charge in [0.2, 0.25) is 5.78 Å². The van der Waals surface area contributed by atoms with E-state index in [0.29, 0.717) is 23.3 Å². The summed E-state index contributed by atoms with van der Waals surface area (Å²) in [5, 5.41) is 11.6. The van der Waals surface area contributed by atoms with Crippen LogP contribution in [0.1, 0.15) is 38.1 Å². The topological polar surface area (TPSA) is 100 Å². The van der Waals surface area contributed by atoms with Crippen LogP contribution in [-0.4, -0.2) is 66.9 Å². The zero-order valence-electron chi connectivity index (χ0n) is 19.5. The number of methoxy groups -OCH3 is 1. The number of fused-ring (bicyclic) bond motifs is 1. The Bertz CT molecular complexity index is 1300. The van der Waals surface area contributed by atoms with Crippen LogP contribution < -0.4 is 0 Å². The number of aliphatic hydroxyl groups excluding tert-OH is 1. The van der Waals surface area contributed by atoms with Gasteiger partial charge < -0.3 is 24.1 Å². The molecule has 2 aromatic carbocycles. The number of carbonyl (C=O) groups is 3. The second kappa shape index (κ2) is 9.15. The van der Waals surface area contributed by atoms with E-state index in [0.717, 1.165) is 10.9 Å². The minimum Gasteiger partial charge on any atom is -0.503 e. The van der Waals surface area contributed by atoms with Crippen molar-refractivity contribution in [2.24, 2.45) is 0 Å². The smallest absolute Gasteiger partial charge is 0.337 e. The van der Waals surface area contributed by atoms with Crippen LogP contribution in [0.15, 0.2) is 64.3 Å². The molecule has 1 N–H and O–H groups in total. The molecule has 34 heavy (non-hydrogen) atoms. The minimum atomic E-state index is -0.832. The third-order valence-corrected chi connectivity index (χ3v) is 5.88. The maximum atomic E-state index is 13.6. The van der Waals surface area contributed by atoms with Crippen molar-refractivity contribution in [2.45, 2.75) is 13.0 Å². The molecule has 2 heterocycles. The molecule has 0 spiro atoms. The lowest BCUT2D eigenvalue weighted by Gasteiger charge is -2.28. The van der Waals surface area contributed by atoms with E-state index in [1.165, 1.54) is 12.0 Å². The maximum Gasteiger partial charge on any atom is 0.337 e. The number of hydrogen-bond donors (Lipinski definition) is 1. The highest BCUT2D eigenvalue weighted by atomic mass is 16.5. The number of amides is 1. The Morgan fingerprint density at radius 2 is 1.82 bits per heavy atom. The van der Waals surface area contributed by atoms with E-state index in [-0.39, 0.29) is 17.9 Å². The Morgan fingerprint density at radius 1 is 1.12 bits per heavy atom. The van der Waals surface area contributed by atoms with Gasteiger partial charge in [0.25, 0.3) is 5.91 Å². The van der Waals surface area contributed by atoms with Crippen LogP contribution in [0.5, 0.6) is 0 Å². The van der Waals surface area contributed by atoms with Crippen LogP contribution in [0.25, 0.3) is 11.0 Å². The number of Topliss-reactive ketones (excluding diaryl/α,β-unsaturated/α-hetero) is 1. The summed E-state index contributed by atoms with van der Waals surface area (Å²) >= 11 is 0. The Kier molecular flexibility index (Phi) is 6.26. The molecule has 0 saturated carbocycles. The van der Waals surface area contributed by atoms with Crippen molar-refractivity contribution in [1.82, 2.24) is 9.80 Å². The fourth-order valence-corrected chi connectivity index (χ4v) is 4.10. The highest BCUT2D eigenvalue weighted by Gasteiger charge is 2.44. The summed E-state index contributed by atoms with van der Waals surface area (Å²) in [6.07, 6.45) is 0. The standard InChI is InChI=1S/C26H26N2O6/c1-15-5-10-19-18(13-15)14-20(34-19)23(29)21-22(16-6-8-17(9-7-16)26(32)33-4)28(12-11-27(2)3)25(31)24(21)30/h5-10,13-14,22,30H,11-12H2,1-4H3. The maximum absolute atomic E-state index is 13.6. The molecule has 1 aliphatic rings. The first-order chi connectivity index (χ1) is 16.2. The molecule has 1 aliphatic heterocycles. The summed E-state index contributed by atoms with van der Waals surface area (Å²) in [4.78, 5) is 41.8. The molecule has 1 unspecified atom stereocenters. The van der Waals surface area contributed by atoms with E-state index in [4.69, 9.17) is 9.15 Å². The van der Waals surface area contributed by atoms with Gasteiger partial charge in [-0.05, 0) is 56.9 Å². The largest absolute Gasteiger partial charge is 0.503 e. The molecule has 8 nitrogen and oxygen atoms in total. The summed E-state index contributed by atoms with van der Waals surface area (Å²) in [5.41, 5.74) is 2.43. The van der Waals surface area contributed by atoms with Crippen LogP contribution >= 0.6 is 0 Å². The molecule has 0 aliphatic carbocycles. The Labute approximate surface area is 197 Å². The minimum absolute atomic E-state index is 0.0422. The lowest BCUT2D eigenvalue weighted by molar-refractivity contribution is -0.129. The number of likely N-dealkylation sites (N-methyl/N-ethyl adjacent to an activating group) is 1. The van der Waals surface area contributed by atoms with Crippen LogP contribution in [-0.2, 0) is 9.53 Å². The quantitative estimate of drug-likeness (QED) is 0.422. The van der Waals surface area contributed by atoms with Crippen molar-refractivity contribution < 1.29 is 28.6 Å². The number of benzene rings is 2. The van der Waals surface area contributed by atoms with Crippen LogP contribution in [0.4, 0.5) is 0 Å². The van der Waals surface area contributed by atoms with E-state index in [1.54, 1.807) is 36.4 Å². The first kappa shape index (κ1) is 23.3. The zero-order valence-corrected chi connectivity index (χ0v) is 19.5. The molecular formula is C26H26N2O6. The van der Waals surface area contributed by atoms with Crippen molar-refractivity contribution in [3.63, 3.8) is 0 Å². The normalized spacial score (nSPS) is 16.1. The summed E-state index contributed by atoms with van der Waals surface area (Å²) < 4.78 is 10.5. The average molecular weight is 463 g/mol. The van der Waals surface area contributed by atoms with E-state index < -0.39 is 29.5 Å². The van der Waals surface area contributed by atoms with E-state index in [1.807, 2.05) is 38.1 Å². The first-order valence-corrected chi connectivity index (χ1v) is 10.8. The van der Waals surface area contributed by atoms with Crippen molar-refractivity contribution in [2.75, 3.05) is 34.3 Å². The SMILES string of the molecule is COC(=O)c1ccc(C2C(C(=O)c3cc4cc(C)ccc4o3)=C(O)C(=O)N2CCN(C)C)cc1. The molecule has 1 atom stereocenters. The molecule has 176 valence electrons. The molecule has 0 bridgehead atoms. The van der Waals surface area contributed by atoms with Crippen LogP contribution in [0.2, 0.25) is 0 Å². The molecular weight excluding hydrogens is 436 g/mol. The molecule has 4 rings (SSSR count). The second-order valence-corrected chi connectivity index (χ2v) is 8.56. The summed E-state index contributed by atoms with van der Waals surface area (Å²) in [7, 11) is 5.04. The van der Waals surface area contributed by atoms with Gasteiger partial charge in [-0.3, -0.25) is 9.59 Å². The van der Waals surface area contributed by atoms with Gasteiger partial charge in [0.1, 0.15) is 5.58 Å². The third kappa shape index (κ3) is 4.20. The van der Waals surface area contributed by atoms with Gasteiger partial charge in [-0.1, -0.05) is 23.8 Å². The third-order valence-electron chi connectivity index (χ3n) is 5.88. The Morgan fingerprint density at radius 3 is 2.47 bits per heavy atom. The number of ketones is 1. The second-order valence-electron chi connectivity index (χ2n) is 8.56. The molecule has 0 radical (unpaired) electrons. The lowest BCUT2D eigenvalue weighted by atomic mass is 9.94. The van der Waals surface area contributed by atoms with E-state index in [2.05, 4.69) is 0 Å². The zero-order chi connectivity index (χ0) is 24.6. The van der Waals surface area contributed by atoms with Gasteiger partial charge in [-0.15, -0.1) is 0 Å². The van der Waals surface area contributed by atoms with Gasteiger partial charge in [-0.2, -0.15) is 0 Å². The van der Waals surface area contributed by atoms with E-state index >= 15 is 0 Å². The lowest BCUT2D eigenvalue weighted by Crippen LogP contribution is -2.36. The summed E-state index contributed by atoms with van der Waals surface area (Å²) in [6.45, 7) is 2.76. The van der Waals surface area contributed by atoms with Gasteiger partial charge in [0.05, 0.1) is 24.3 Å². The number of esters is 1. The number of nitrogens with zero attached hydrogens (tertiary/aromatic N) is 2. The highest BCUT2D eigenvalue weighted by molar-refractivity contribution is 6.16. The number of aryl methyl sites for hydroxylation is 1. The monoisotopic (exact) mass is 462 g/mol. The first-order valence-electron chi connectivity index (χ1n) is 10.8. The van der Waals surface area contributed by atoms with E-state index in [9.17, 15) is 19.5 Å². The number of carbonyl (C=O) groups excluding carboxylic acids is 3. The van der Waals surface area contributed by atoms with Crippen molar-refractivity contribution in [1.29, 1.82) is 0 Å². The Balaban J connectivity index is 1.77. The van der Waals surface area contributed by atoms with Crippen LogP contribution in [0, 0.1) is 6.92 Å². The predicted molar refractivity (Wildman–Crippen MR) is 126 cm³/mol. The molecule has 3 aromatic rings. The van der Waals surface area contributed by atoms with Crippen LogP contribution in [0.3, 0.4) is 0 Å². The van der Waals surface area contributed by atoms with Gasteiger partial charge in [0.15, 0.2) is 11.5 Å². The van der Waals surface area contributed by atoms with Gasteiger partial charge >= 0.3 is 5.97 Å². The van der Waals surface area contributed by atoms with Gasteiger partial charge in [-0.25, -0.2) is 4.79 Å². The fraction of sp³-hybridized carbons (Fsp3) is 0.269. The average Bonchev–Trinajstić information content (AvgIpc) is 3.35. The van der Waals surface area contributed by atoms with Gasteiger partial charge in [0, 0.05) is 18.5 Å². The predicted octanol–water partition coefficient (Wildman–Crippen LogP) is 3.67. The summed E-state index contributed by atoms with van der Waals surface area (Å²) in [5.74, 6) is -2.23. The van der Waals surface area contributed by atoms with Crippen molar-refractivity contribution in [3.8, 4) is 0 Å². The molecule has 8 heteroatoms. The molecule has 1 aromatic heterocycles. The Hall–Kier alpha value is -3.91. The van der Waals surface area contributed by atoms with Crippen molar-refractivity contribution in [3.05, 3.63) is 82.3 Å². The fourth-order valence-electron chi connectivity index (χ4n) is 4.10. The highest BCUT2D eigenvalue weighted by Crippen LogP contribution is 2.39. The number of ether oxygens (including phenoxy) is 1. The summed E-state index contributed by atoms with van der Waals surface area (Å²) in [6, 6.07) is 12.8. The number of rotatable bonds is 7. The number of hydrogen-bond acceptors (Lipinski definition) is 7. The van der Waals surface area contributed by atoms with Crippen molar-refractivity contribution >= 4 is 28.6 Å². The molecule has 1 amide bonds. The number of furan rings is 1. The molecule has 0 saturated heterocycles. The molecule has 0 fully saturated rings. The number of aliphatic hydroxyl groups is 1.